The Balaban J connectivity index is 0.000000208. The Hall–Kier alpha value is -2.43. The number of aliphatic hydroxyl groups excluding tert-OH is 2. The molecule has 0 amide bonds. The van der Waals surface area contributed by atoms with Gasteiger partial charge in [-0.05, 0) is 18.6 Å². The van der Waals surface area contributed by atoms with E-state index in [4.69, 9.17) is 15.2 Å². The Morgan fingerprint density at radius 2 is 1.89 bits per heavy atom. The lowest BCUT2D eigenvalue weighted by Gasteiger charge is -2.31. The highest BCUT2D eigenvalue weighted by atomic mass is 19.4. The lowest BCUT2D eigenvalue weighted by molar-refractivity contribution is -0.144. The van der Waals surface area contributed by atoms with Crippen LogP contribution in [0.2, 0.25) is 0 Å². The van der Waals surface area contributed by atoms with Gasteiger partial charge in [-0.25, -0.2) is 4.98 Å². The van der Waals surface area contributed by atoms with Crippen LogP contribution < -0.4 is 10.5 Å². The van der Waals surface area contributed by atoms with Gasteiger partial charge in [-0.15, -0.1) is 0 Å². The molecule has 2 heterocycles. The molecule has 1 aliphatic rings. The van der Waals surface area contributed by atoms with Crippen LogP contribution in [-0.4, -0.2) is 51.7 Å². The summed E-state index contributed by atoms with van der Waals surface area (Å²) in [5.41, 5.74) is 3.91. The molecule has 0 saturated carbocycles. The molecule has 148 valence electrons. The Labute approximate surface area is 153 Å². The molecular formula is C17H20F3N3O4. The monoisotopic (exact) mass is 387 g/mol. The second-order valence-corrected chi connectivity index (χ2v) is 5.71. The molecule has 3 rings (SSSR count). The second kappa shape index (κ2) is 9.49. The van der Waals surface area contributed by atoms with Crippen LogP contribution >= 0.6 is 0 Å². The minimum Gasteiger partial charge on any atom is -0.491 e. The molecule has 3 unspecified atom stereocenters. The summed E-state index contributed by atoms with van der Waals surface area (Å²) in [6.07, 6.45) is -4.35. The average molecular weight is 387 g/mol. The largest absolute Gasteiger partial charge is 0.491 e. The average Bonchev–Trinajstić information content (AvgIpc) is 2.64. The van der Waals surface area contributed by atoms with Crippen LogP contribution in [0.15, 0.2) is 42.7 Å². The number of nitrogens with two attached hydrogens (primary N) is 1. The molecule has 27 heavy (non-hydrogen) atoms. The zero-order chi connectivity index (χ0) is 19.9. The maximum Gasteiger partial charge on any atom is 0.434 e. The Morgan fingerprint density at radius 1 is 1.19 bits per heavy atom. The van der Waals surface area contributed by atoms with E-state index in [-0.39, 0.29) is 12.4 Å². The minimum absolute atomic E-state index is 0.236. The molecule has 3 atom stereocenters. The number of nitrogen functional groups attached to an aromatic ring is 1. The quantitative estimate of drug-likeness (QED) is 0.734. The molecule has 4 N–H and O–H groups in total. The summed E-state index contributed by atoms with van der Waals surface area (Å²) in [4.78, 5) is 6.28. The summed E-state index contributed by atoms with van der Waals surface area (Å²) in [7, 11) is 0. The van der Waals surface area contributed by atoms with Gasteiger partial charge >= 0.3 is 6.18 Å². The van der Waals surface area contributed by atoms with Gasteiger partial charge in [0.25, 0.3) is 0 Å². The predicted molar refractivity (Wildman–Crippen MR) is 89.8 cm³/mol. The lowest BCUT2D eigenvalue weighted by atomic mass is 10.0. The fourth-order valence-corrected chi connectivity index (χ4v) is 2.22. The van der Waals surface area contributed by atoms with Gasteiger partial charge in [-0.2, -0.15) is 13.2 Å². The van der Waals surface area contributed by atoms with E-state index in [0.717, 1.165) is 11.9 Å². The molecule has 1 aliphatic heterocycles. The van der Waals surface area contributed by atoms with Gasteiger partial charge in [-0.3, -0.25) is 4.98 Å². The highest BCUT2D eigenvalue weighted by molar-refractivity contribution is 5.24. The van der Waals surface area contributed by atoms with Crippen molar-refractivity contribution in [2.75, 3.05) is 18.9 Å². The first-order valence-electron chi connectivity index (χ1n) is 8.07. The van der Waals surface area contributed by atoms with Crippen molar-refractivity contribution in [1.29, 1.82) is 0 Å². The SMILES string of the molecule is Nc1cncc(C(F)(F)F)n1.OC1CCOC(COc2ccccc2)C1O. The Bertz CT molecular complexity index is 703. The van der Waals surface area contributed by atoms with E-state index in [1.54, 1.807) is 0 Å². The second-order valence-electron chi connectivity index (χ2n) is 5.71. The third-order valence-electron chi connectivity index (χ3n) is 3.62. The maximum absolute atomic E-state index is 11.8. The van der Waals surface area contributed by atoms with Gasteiger partial charge in [0.05, 0.1) is 18.5 Å². The number of nitrogens with zero attached hydrogens (tertiary/aromatic N) is 2. The molecule has 7 nitrogen and oxygen atoms in total. The molecule has 1 aromatic heterocycles. The van der Waals surface area contributed by atoms with E-state index in [2.05, 4.69) is 9.97 Å². The van der Waals surface area contributed by atoms with Crippen LogP contribution in [0, 0.1) is 0 Å². The summed E-state index contributed by atoms with van der Waals surface area (Å²) in [6.45, 7) is 0.712. The zero-order valence-electron chi connectivity index (χ0n) is 14.2. The molecule has 1 fully saturated rings. The van der Waals surface area contributed by atoms with E-state index in [1.165, 1.54) is 0 Å². The molecule has 0 bridgehead atoms. The van der Waals surface area contributed by atoms with E-state index >= 15 is 0 Å². The number of rotatable bonds is 3. The van der Waals surface area contributed by atoms with E-state index in [1.807, 2.05) is 30.3 Å². The summed E-state index contributed by atoms with van der Waals surface area (Å²) in [5, 5.41) is 19.1. The summed E-state index contributed by atoms with van der Waals surface area (Å²) in [5.74, 6) is 0.498. The number of aromatic nitrogens is 2. The molecule has 2 aromatic rings. The summed E-state index contributed by atoms with van der Waals surface area (Å²) in [6, 6.07) is 9.34. The third-order valence-corrected chi connectivity index (χ3v) is 3.62. The van der Waals surface area contributed by atoms with Gasteiger partial charge in [-0.1, -0.05) is 18.2 Å². The number of hydrogen-bond acceptors (Lipinski definition) is 7. The van der Waals surface area contributed by atoms with Crippen LogP contribution in [0.25, 0.3) is 0 Å². The summed E-state index contributed by atoms with van der Waals surface area (Å²) >= 11 is 0. The van der Waals surface area contributed by atoms with E-state index in [0.29, 0.717) is 19.2 Å². The predicted octanol–water partition coefficient (Wildman–Crippen LogP) is 1.65. The van der Waals surface area contributed by atoms with Gasteiger partial charge in [0.1, 0.15) is 30.4 Å². The minimum atomic E-state index is -4.47. The molecule has 1 saturated heterocycles. The molecule has 0 radical (unpaired) electrons. The number of halogens is 3. The number of alkyl halides is 3. The van der Waals surface area contributed by atoms with Gasteiger partial charge in [0.15, 0.2) is 5.69 Å². The molecule has 0 spiro atoms. The summed E-state index contributed by atoms with van der Waals surface area (Å²) < 4.78 is 46.2. The van der Waals surface area contributed by atoms with Crippen LogP contribution in [0.1, 0.15) is 12.1 Å². The number of aliphatic hydroxyl groups is 2. The fourth-order valence-electron chi connectivity index (χ4n) is 2.22. The van der Waals surface area contributed by atoms with E-state index < -0.39 is 30.2 Å². The van der Waals surface area contributed by atoms with Crippen LogP contribution in [-0.2, 0) is 10.9 Å². The number of para-hydroxylation sites is 1. The van der Waals surface area contributed by atoms with Crippen molar-refractivity contribution in [3.8, 4) is 5.75 Å². The van der Waals surface area contributed by atoms with Crippen LogP contribution in [0.5, 0.6) is 5.75 Å². The van der Waals surface area contributed by atoms with Crippen molar-refractivity contribution in [2.24, 2.45) is 0 Å². The van der Waals surface area contributed by atoms with E-state index in [9.17, 15) is 23.4 Å². The van der Waals surface area contributed by atoms with Crippen molar-refractivity contribution < 1.29 is 32.9 Å². The highest BCUT2D eigenvalue weighted by Gasteiger charge is 2.33. The standard InChI is InChI=1S/C12H16O4.C5H4F3N3/c13-10-6-7-15-11(12(10)14)8-16-9-4-2-1-3-5-9;6-5(7,8)3-1-10-2-4(9)11-3/h1-5,10-14H,6-8H2;1-2H,(H2,9,11). The van der Waals surface area contributed by atoms with Gasteiger partial charge in [0, 0.05) is 6.61 Å². The topological polar surface area (TPSA) is 111 Å². The van der Waals surface area contributed by atoms with Crippen molar-refractivity contribution in [1.82, 2.24) is 9.97 Å². The normalized spacial score (nSPS) is 22.5. The zero-order valence-corrected chi connectivity index (χ0v) is 14.2. The van der Waals surface area contributed by atoms with Crippen LogP contribution in [0.4, 0.5) is 19.0 Å². The number of anilines is 1. The van der Waals surface area contributed by atoms with Gasteiger partial charge < -0.3 is 25.4 Å². The fraction of sp³-hybridized carbons (Fsp3) is 0.412. The smallest absolute Gasteiger partial charge is 0.434 e. The van der Waals surface area contributed by atoms with Gasteiger partial charge in [0.2, 0.25) is 0 Å². The first kappa shape index (κ1) is 20.9. The first-order valence-corrected chi connectivity index (χ1v) is 8.07. The van der Waals surface area contributed by atoms with Crippen molar-refractivity contribution in [3.63, 3.8) is 0 Å². The lowest BCUT2D eigenvalue weighted by Crippen LogP contribution is -2.47. The number of ether oxygens (including phenoxy) is 2. The molecule has 1 aromatic carbocycles. The maximum atomic E-state index is 11.8. The Morgan fingerprint density at radius 3 is 2.48 bits per heavy atom. The molecular weight excluding hydrogens is 367 g/mol. The van der Waals surface area contributed by atoms with Crippen molar-refractivity contribution in [2.45, 2.75) is 30.9 Å². The molecule has 10 heteroatoms. The van der Waals surface area contributed by atoms with Crippen LogP contribution in [0.3, 0.4) is 0 Å². The number of hydrogen-bond donors (Lipinski definition) is 3. The third kappa shape index (κ3) is 6.66. The molecule has 0 aliphatic carbocycles. The van der Waals surface area contributed by atoms with Crippen molar-refractivity contribution >= 4 is 5.82 Å². The first-order chi connectivity index (χ1) is 12.8. The van der Waals surface area contributed by atoms with Crippen molar-refractivity contribution in [3.05, 3.63) is 48.4 Å². The highest BCUT2D eigenvalue weighted by Crippen LogP contribution is 2.26. The Kier molecular flexibility index (Phi) is 7.34. The number of benzene rings is 1.